The summed E-state index contributed by atoms with van der Waals surface area (Å²) in [5.41, 5.74) is 0. The van der Waals surface area contributed by atoms with Gasteiger partial charge in [-0.15, -0.1) is 0 Å². The first-order valence-electron chi connectivity index (χ1n) is 5.83. The molecule has 7 nitrogen and oxygen atoms in total. The Labute approximate surface area is 106 Å². The number of amides is 2. The van der Waals surface area contributed by atoms with E-state index in [-0.39, 0.29) is 24.9 Å². The SMILES string of the molecule is CC(=O)NC(CNCCC(=O)NC(C)C)C(=O)O. The normalized spacial score (nSPS) is 12.0. The minimum Gasteiger partial charge on any atom is -0.480 e. The van der Waals surface area contributed by atoms with Crippen LogP contribution in [0.1, 0.15) is 27.2 Å². The van der Waals surface area contributed by atoms with Crippen LogP contribution in [0, 0.1) is 0 Å². The highest BCUT2D eigenvalue weighted by molar-refractivity contribution is 5.82. The van der Waals surface area contributed by atoms with Crippen LogP contribution >= 0.6 is 0 Å². The molecule has 1 atom stereocenters. The van der Waals surface area contributed by atoms with Crippen LogP contribution < -0.4 is 16.0 Å². The van der Waals surface area contributed by atoms with Gasteiger partial charge in [-0.3, -0.25) is 9.59 Å². The van der Waals surface area contributed by atoms with Crippen LogP contribution in [0.15, 0.2) is 0 Å². The van der Waals surface area contributed by atoms with Crippen LogP contribution in [0.5, 0.6) is 0 Å². The van der Waals surface area contributed by atoms with Crippen LogP contribution in [-0.2, 0) is 14.4 Å². The van der Waals surface area contributed by atoms with Gasteiger partial charge in [0.1, 0.15) is 6.04 Å². The summed E-state index contributed by atoms with van der Waals surface area (Å²) in [5, 5.41) is 16.7. The zero-order valence-electron chi connectivity index (χ0n) is 10.9. The highest BCUT2D eigenvalue weighted by Crippen LogP contribution is 1.85. The Kier molecular flexibility index (Phi) is 7.69. The predicted octanol–water partition coefficient (Wildman–Crippen LogP) is -0.920. The second-order valence-electron chi connectivity index (χ2n) is 4.27. The Bertz CT molecular complexity index is 305. The fourth-order valence-electron chi connectivity index (χ4n) is 1.29. The van der Waals surface area contributed by atoms with E-state index in [1.807, 2.05) is 13.8 Å². The van der Waals surface area contributed by atoms with Crippen molar-refractivity contribution in [3.63, 3.8) is 0 Å². The number of hydrogen-bond donors (Lipinski definition) is 4. The van der Waals surface area contributed by atoms with Gasteiger partial charge in [0.15, 0.2) is 0 Å². The number of rotatable bonds is 8. The third-order valence-electron chi connectivity index (χ3n) is 2.00. The third-order valence-corrected chi connectivity index (χ3v) is 2.00. The first-order chi connectivity index (χ1) is 8.32. The summed E-state index contributed by atoms with van der Waals surface area (Å²) in [6.45, 7) is 5.43. The van der Waals surface area contributed by atoms with Gasteiger partial charge in [-0.25, -0.2) is 4.79 Å². The first-order valence-corrected chi connectivity index (χ1v) is 5.83. The van der Waals surface area contributed by atoms with Crippen LogP contribution in [0.3, 0.4) is 0 Å². The Hall–Kier alpha value is -1.63. The Morgan fingerprint density at radius 2 is 1.78 bits per heavy atom. The van der Waals surface area contributed by atoms with Crippen LogP contribution in [0.4, 0.5) is 0 Å². The molecule has 0 heterocycles. The van der Waals surface area contributed by atoms with Gasteiger partial charge in [-0.05, 0) is 13.8 Å². The molecule has 0 spiro atoms. The van der Waals surface area contributed by atoms with E-state index in [0.29, 0.717) is 6.54 Å². The second kappa shape index (κ2) is 8.46. The van der Waals surface area contributed by atoms with Crippen molar-refractivity contribution in [3.05, 3.63) is 0 Å². The van der Waals surface area contributed by atoms with Crippen LogP contribution in [-0.4, -0.2) is 48.1 Å². The quantitative estimate of drug-likeness (QED) is 0.422. The molecule has 18 heavy (non-hydrogen) atoms. The van der Waals surface area contributed by atoms with Gasteiger partial charge in [0.05, 0.1) is 0 Å². The summed E-state index contributed by atoms with van der Waals surface area (Å²) in [7, 11) is 0. The van der Waals surface area contributed by atoms with Gasteiger partial charge in [0, 0.05) is 32.5 Å². The lowest BCUT2D eigenvalue weighted by molar-refractivity contribution is -0.141. The minimum absolute atomic E-state index is 0.0867. The lowest BCUT2D eigenvalue weighted by Gasteiger charge is -2.14. The number of carboxylic acids is 1. The molecule has 0 fully saturated rings. The summed E-state index contributed by atoms with van der Waals surface area (Å²) >= 11 is 0. The maximum absolute atomic E-state index is 11.3. The van der Waals surface area contributed by atoms with E-state index >= 15 is 0 Å². The van der Waals surface area contributed by atoms with E-state index in [1.165, 1.54) is 6.92 Å². The highest BCUT2D eigenvalue weighted by atomic mass is 16.4. The lowest BCUT2D eigenvalue weighted by atomic mass is 10.2. The van der Waals surface area contributed by atoms with Crippen molar-refractivity contribution in [3.8, 4) is 0 Å². The highest BCUT2D eigenvalue weighted by Gasteiger charge is 2.17. The molecule has 0 aliphatic carbocycles. The molecule has 0 bridgehead atoms. The van der Waals surface area contributed by atoms with E-state index in [4.69, 9.17) is 5.11 Å². The second-order valence-corrected chi connectivity index (χ2v) is 4.27. The molecule has 1 unspecified atom stereocenters. The predicted molar refractivity (Wildman–Crippen MR) is 66.0 cm³/mol. The monoisotopic (exact) mass is 259 g/mol. The number of nitrogens with one attached hydrogen (secondary N) is 3. The molecule has 0 aromatic heterocycles. The van der Waals surface area contributed by atoms with Gasteiger partial charge in [0.25, 0.3) is 0 Å². The maximum atomic E-state index is 11.3. The van der Waals surface area contributed by atoms with E-state index in [9.17, 15) is 14.4 Å². The Morgan fingerprint density at radius 3 is 2.22 bits per heavy atom. The number of aliphatic carboxylic acids is 1. The van der Waals surface area contributed by atoms with Crippen molar-refractivity contribution < 1.29 is 19.5 Å². The largest absolute Gasteiger partial charge is 0.480 e. The van der Waals surface area contributed by atoms with Crippen molar-refractivity contribution in [2.75, 3.05) is 13.1 Å². The lowest BCUT2D eigenvalue weighted by Crippen LogP contribution is -2.47. The van der Waals surface area contributed by atoms with Gasteiger partial charge in [-0.2, -0.15) is 0 Å². The van der Waals surface area contributed by atoms with E-state index in [0.717, 1.165) is 0 Å². The smallest absolute Gasteiger partial charge is 0.327 e. The Balaban J connectivity index is 3.83. The number of carboxylic acid groups (broad SMARTS) is 1. The Morgan fingerprint density at radius 1 is 1.17 bits per heavy atom. The summed E-state index contributed by atoms with van der Waals surface area (Å²) in [6.07, 6.45) is 0.268. The minimum atomic E-state index is -1.11. The number of carbonyl (C=O) groups excluding carboxylic acids is 2. The molecule has 0 saturated heterocycles. The molecule has 0 aliphatic rings. The van der Waals surface area contributed by atoms with E-state index < -0.39 is 17.9 Å². The molecule has 0 radical (unpaired) electrons. The topological polar surface area (TPSA) is 108 Å². The fraction of sp³-hybridized carbons (Fsp3) is 0.727. The van der Waals surface area contributed by atoms with Gasteiger partial charge in [-0.1, -0.05) is 0 Å². The molecular weight excluding hydrogens is 238 g/mol. The molecule has 7 heteroatoms. The molecule has 0 rings (SSSR count). The summed E-state index contributed by atoms with van der Waals surface area (Å²) in [5.74, 6) is -1.60. The molecule has 0 saturated carbocycles. The zero-order valence-corrected chi connectivity index (χ0v) is 10.9. The van der Waals surface area contributed by atoms with Crippen LogP contribution in [0.2, 0.25) is 0 Å². The van der Waals surface area contributed by atoms with Gasteiger partial charge < -0.3 is 21.1 Å². The number of hydrogen-bond acceptors (Lipinski definition) is 4. The summed E-state index contributed by atoms with van der Waals surface area (Å²) in [6, 6.07) is -0.890. The third kappa shape index (κ3) is 8.51. The van der Waals surface area contributed by atoms with E-state index in [1.54, 1.807) is 0 Å². The maximum Gasteiger partial charge on any atom is 0.327 e. The molecular formula is C11H21N3O4. The molecule has 104 valence electrons. The van der Waals surface area contributed by atoms with Gasteiger partial charge in [0.2, 0.25) is 11.8 Å². The van der Waals surface area contributed by atoms with Crippen molar-refractivity contribution in [2.45, 2.75) is 39.3 Å². The van der Waals surface area contributed by atoms with Crippen molar-refractivity contribution in [1.82, 2.24) is 16.0 Å². The summed E-state index contributed by atoms with van der Waals surface area (Å²) in [4.78, 5) is 32.8. The standard InChI is InChI=1S/C11H21N3O4/c1-7(2)13-10(16)4-5-12-6-9(11(17)18)14-8(3)15/h7,9,12H,4-6H2,1-3H3,(H,13,16)(H,14,15)(H,17,18). The molecule has 4 N–H and O–H groups in total. The molecule has 0 aromatic rings. The number of carbonyl (C=O) groups is 3. The van der Waals surface area contributed by atoms with Crippen LogP contribution in [0.25, 0.3) is 0 Å². The van der Waals surface area contributed by atoms with Crippen molar-refractivity contribution in [1.29, 1.82) is 0 Å². The van der Waals surface area contributed by atoms with Gasteiger partial charge >= 0.3 is 5.97 Å². The first kappa shape index (κ1) is 16.4. The van der Waals surface area contributed by atoms with Crippen molar-refractivity contribution >= 4 is 17.8 Å². The molecule has 0 aromatic carbocycles. The van der Waals surface area contributed by atoms with Crippen molar-refractivity contribution in [2.24, 2.45) is 0 Å². The molecule has 2 amide bonds. The average molecular weight is 259 g/mol. The fourth-order valence-corrected chi connectivity index (χ4v) is 1.29. The zero-order chi connectivity index (χ0) is 14.1. The summed E-state index contributed by atoms with van der Waals surface area (Å²) < 4.78 is 0. The average Bonchev–Trinajstić information content (AvgIpc) is 2.20. The van der Waals surface area contributed by atoms with E-state index in [2.05, 4.69) is 16.0 Å². The molecule has 0 aliphatic heterocycles.